The molecule has 0 radical (unpaired) electrons. The smallest absolute Gasteiger partial charge is 0.120 e. The highest BCUT2D eigenvalue weighted by Crippen LogP contribution is 2.26. The Morgan fingerprint density at radius 1 is 1.14 bits per heavy atom. The van der Waals surface area contributed by atoms with Gasteiger partial charge in [-0.05, 0) is 49.7 Å². The molecule has 0 aliphatic carbocycles. The summed E-state index contributed by atoms with van der Waals surface area (Å²) in [6.07, 6.45) is 2.66. The molecule has 2 aromatic rings. The van der Waals surface area contributed by atoms with E-state index in [2.05, 4.69) is 29.3 Å². The first-order valence-corrected chi connectivity index (χ1v) is 7.90. The molecule has 0 saturated carbocycles. The zero-order valence-corrected chi connectivity index (χ0v) is 12.7. The predicted octanol–water partition coefficient (Wildman–Crippen LogP) is 3.12. The number of aromatic hydroxyl groups is 1. The number of hydrogen-bond acceptors (Lipinski definition) is 3. The summed E-state index contributed by atoms with van der Waals surface area (Å²) in [4.78, 5) is 2.54. The van der Waals surface area contributed by atoms with E-state index in [0.717, 1.165) is 17.5 Å². The highest BCUT2D eigenvalue weighted by Gasteiger charge is 2.17. The van der Waals surface area contributed by atoms with E-state index in [1.165, 1.54) is 31.3 Å². The number of fused-ring (bicyclic) bond motifs is 1. The third-order valence-electron chi connectivity index (χ3n) is 4.52. The predicted molar refractivity (Wildman–Crippen MR) is 87.6 cm³/mol. The van der Waals surface area contributed by atoms with Crippen LogP contribution in [0.15, 0.2) is 36.4 Å². The maximum Gasteiger partial charge on any atom is 0.120 e. The van der Waals surface area contributed by atoms with Gasteiger partial charge in [0.25, 0.3) is 0 Å². The second-order valence-electron chi connectivity index (χ2n) is 6.01. The van der Waals surface area contributed by atoms with Crippen LogP contribution in [-0.4, -0.2) is 35.7 Å². The second-order valence-corrected chi connectivity index (χ2v) is 6.01. The van der Waals surface area contributed by atoms with E-state index < -0.39 is 0 Å². The Morgan fingerprint density at radius 3 is 2.71 bits per heavy atom. The van der Waals surface area contributed by atoms with Crippen LogP contribution in [0.25, 0.3) is 10.8 Å². The maximum absolute atomic E-state index is 10.1. The molecule has 0 amide bonds. The van der Waals surface area contributed by atoms with Gasteiger partial charge in [-0.25, -0.2) is 0 Å². The average molecular weight is 284 g/mol. The summed E-state index contributed by atoms with van der Waals surface area (Å²) in [5, 5.41) is 16.0. The van der Waals surface area contributed by atoms with Crippen molar-refractivity contribution in [1.29, 1.82) is 0 Å². The van der Waals surface area contributed by atoms with Crippen LogP contribution in [0.4, 0.5) is 0 Å². The third-order valence-corrected chi connectivity index (χ3v) is 4.52. The largest absolute Gasteiger partial charge is 0.508 e. The van der Waals surface area contributed by atoms with Crippen LogP contribution in [0.5, 0.6) is 5.75 Å². The van der Waals surface area contributed by atoms with Crippen LogP contribution in [0.2, 0.25) is 0 Å². The first-order chi connectivity index (χ1) is 10.3. The van der Waals surface area contributed by atoms with Crippen molar-refractivity contribution in [3.63, 3.8) is 0 Å². The van der Waals surface area contributed by atoms with Gasteiger partial charge in [0.05, 0.1) is 0 Å². The molecule has 1 fully saturated rings. The van der Waals surface area contributed by atoms with Crippen molar-refractivity contribution in [2.45, 2.75) is 32.4 Å². The molecule has 1 saturated heterocycles. The minimum absolute atomic E-state index is 0.384. The molecule has 1 unspecified atom stereocenters. The molecule has 1 aliphatic heterocycles. The molecular weight excluding hydrogens is 260 g/mol. The van der Waals surface area contributed by atoms with Crippen molar-refractivity contribution in [2.24, 2.45) is 0 Å². The summed E-state index contributed by atoms with van der Waals surface area (Å²) >= 11 is 0. The Hall–Kier alpha value is -1.58. The van der Waals surface area contributed by atoms with Gasteiger partial charge in [0, 0.05) is 24.7 Å². The van der Waals surface area contributed by atoms with Gasteiger partial charge in [-0.1, -0.05) is 30.3 Å². The lowest BCUT2D eigenvalue weighted by molar-refractivity contribution is 0.251. The third kappa shape index (κ3) is 3.20. The molecule has 112 valence electrons. The van der Waals surface area contributed by atoms with Crippen molar-refractivity contribution >= 4 is 10.8 Å². The SMILES string of the molecule is CC(CNCc1c(O)ccc2ccccc12)N1CCCC1. The summed E-state index contributed by atoms with van der Waals surface area (Å²) in [6.45, 7) is 6.40. The molecule has 1 heterocycles. The quantitative estimate of drug-likeness (QED) is 0.885. The van der Waals surface area contributed by atoms with Gasteiger partial charge in [-0.2, -0.15) is 0 Å². The summed E-state index contributed by atoms with van der Waals surface area (Å²) < 4.78 is 0. The van der Waals surface area contributed by atoms with Crippen molar-refractivity contribution in [3.8, 4) is 5.75 Å². The summed E-state index contributed by atoms with van der Waals surface area (Å²) in [7, 11) is 0. The zero-order chi connectivity index (χ0) is 14.7. The number of benzene rings is 2. The Morgan fingerprint density at radius 2 is 1.90 bits per heavy atom. The van der Waals surface area contributed by atoms with Gasteiger partial charge in [0.2, 0.25) is 0 Å². The van der Waals surface area contributed by atoms with Crippen LogP contribution in [0.1, 0.15) is 25.3 Å². The highest BCUT2D eigenvalue weighted by molar-refractivity contribution is 5.87. The Labute approximate surface area is 126 Å². The number of phenols is 1. The monoisotopic (exact) mass is 284 g/mol. The van der Waals surface area contributed by atoms with Crippen LogP contribution >= 0.6 is 0 Å². The van der Waals surface area contributed by atoms with E-state index in [1.807, 2.05) is 18.2 Å². The fraction of sp³-hybridized carbons (Fsp3) is 0.444. The van der Waals surface area contributed by atoms with E-state index >= 15 is 0 Å². The lowest BCUT2D eigenvalue weighted by atomic mass is 10.0. The zero-order valence-electron chi connectivity index (χ0n) is 12.7. The van der Waals surface area contributed by atoms with Gasteiger partial charge in [0.1, 0.15) is 5.75 Å². The van der Waals surface area contributed by atoms with Gasteiger partial charge < -0.3 is 10.4 Å². The fourth-order valence-electron chi connectivity index (χ4n) is 3.23. The standard InChI is InChI=1S/C18H24N2O/c1-14(20-10-4-5-11-20)12-19-13-17-16-7-3-2-6-15(16)8-9-18(17)21/h2-3,6-9,14,19,21H,4-5,10-13H2,1H3. The van der Waals surface area contributed by atoms with Crippen molar-refractivity contribution in [2.75, 3.05) is 19.6 Å². The molecule has 21 heavy (non-hydrogen) atoms. The van der Waals surface area contributed by atoms with Gasteiger partial charge in [-0.15, -0.1) is 0 Å². The summed E-state index contributed by atoms with van der Waals surface area (Å²) in [5.74, 6) is 0.384. The van der Waals surface area contributed by atoms with Crippen LogP contribution in [0.3, 0.4) is 0 Å². The second kappa shape index (κ2) is 6.46. The maximum atomic E-state index is 10.1. The minimum Gasteiger partial charge on any atom is -0.508 e. The van der Waals surface area contributed by atoms with Crippen LogP contribution in [-0.2, 0) is 6.54 Å². The Balaban J connectivity index is 1.66. The van der Waals surface area contributed by atoms with E-state index in [9.17, 15) is 5.11 Å². The minimum atomic E-state index is 0.384. The molecule has 3 heteroatoms. The molecule has 0 bridgehead atoms. The average Bonchev–Trinajstić information content (AvgIpc) is 3.04. The highest BCUT2D eigenvalue weighted by atomic mass is 16.3. The van der Waals surface area contributed by atoms with E-state index in [1.54, 1.807) is 6.07 Å². The molecule has 3 rings (SSSR count). The van der Waals surface area contributed by atoms with Crippen LogP contribution < -0.4 is 5.32 Å². The van der Waals surface area contributed by atoms with E-state index in [-0.39, 0.29) is 0 Å². The molecule has 2 aromatic carbocycles. The van der Waals surface area contributed by atoms with Crippen molar-refractivity contribution < 1.29 is 5.11 Å². The number of hydrogen-bond donors (Lipinski definition) is 2. The molecule has 2 N–H and O–H groups in total. The van der Waals surface area contributed by atoms with Gasteiger partial charge in [-0.3, -0.25) is 4.90 Å². The normalized spacial score (nSPS) is 17.4. The number of nitrogens with one attached hydrogen (secondary N) is 1. The molecule has 3 nitrogen and oxygen atoms in total. The van der Waals surface area contributed by atoms with Crippen molar-refractivity contribution in [1.82, 2.24) is 10.2 Å². The summed E-state index contributed by atoms with van der Waals surface area (Å²) in [6, 6.07) is 12.6. The molecule has 1 aliphatic rings. The first-order valence-electron chi connectivity index (χ1n) is 7.90. The molecule has 1 atom stereocenters. The molecule has 0 spiro atoms. The van der Waals surface area contributed by atoms with Gasteiger partial charge >= 0.3 is 0 Å². The topological polar surface area (TPSA) is 35.5 Å². The number of rotatable bonds is 5. The Bertz CT molecular complexity index is 605. The van der Waals surface area contributed by atoms with Gasteiger partial charge in [0.15, 0.2) is 0 Å². The molecule has 0 aromatic heterocycles. The van der Waals surface area contributed by atoms with E-state index in [4.69, 9.17) is 0 Å². The first kappa shape index (κ1) is 14.4. The number of phenolic OH excluding ortho intramolecular Hbond substituents is 1. The Kier molecular flexibility index (Phi) is 4.42. The number of nitrogens with zero attached hydrogens (tertiary/aromatic N) is 1. The van der Waals surface area contributed by atoms with Crippen LogP contribution in [0, 0.1) is 0 Å². The van der Waals surface area contributed by atoms with E-state index in [0.29, 0.717) is 18.3 Å². The molecular formula is C18H24N2O. The lowest BCUT2D eigenvalue weighted by Crippen LogP contribution is -2.38. The lowest BCUT2D eigenvalue weighted by Gasteiger charge is -2.24. The van der Waals surface area contributed by atoms with Crippen molar-refractivity contribution in [3.05, 3.63) is 42.0 Å². The number of likely N-dealkylation sites (tertiary alicyclic amines) is 1. The summed E-state index contributed by atoms with van der Waals surface area (Å²) in [5.41, 5.74) is 1.00. The fourth-order valence-corrected chi connectivity index (χ4v) is 3.23.